The summed E-state index contributed by atoms with van der Waals surface area (Å²) in [7, 11) is 0. The lowest BCUT2D eigenvalue weighted by Gasteiger charge is -1.96. The first kappa shape index (κ1) is 15.1. The van der Waals surface area contributed by atoms with Gasteiger partial charge in [-0.05, 0) is 24.3 Å². The highest BCUT2D eigenvalue weighted by Gasteiger charge is 2.10. The Morgan fingerprint density at radius 2 is 2.05 bits per heavy atom. The molecule has 1 N–H and O–H groups in total. The van der Waals surface area contributed by atoms with Crippen molar-refractivity contribution in [1.29, 1.82) is 0 Å². The van der Waals surface area contributed by atoms with Gasteiger partial charge in [0.1, 0.15) is 5.76 Å². The Hall–Kier alpha value is -1.76. The monoisotopic (exact) mass is 351 g/mol. The van der Waals surface area contributed by atoms with Crippen molar-refractivity contribution in [1.82, 2.24) is 4.98 Å². The molecule has 7 heteroatoms. The number of benzene rings is 1. The maximum Gasteiger partial charge on any atom is 0.371 e. The average molecular weight is 352 g/mol. The van der Waals surface area contributed by atoms with Gasteiger partial charge in [-0.15, -0.1) is 11.3 Å². The summed E-state index contributed by atoms with van der Waals surface area (Å²) in [6, 6.07) is 10.6. The molecule has 0 spiro atoms. The topological polar surface area (TPSA) is 63.3 Å². The number of thioether (sulfide) groups is 1. The lowest BCUT2D eigenvalue weighted by molar-refractivity contribution is 0.0661. The van der Waals surface area contributed by atoms with Gasteiger partial charge in [-0.2, -0.15) is 0 Å². The first-order chi connectivity index (χ1) is 10.6. The maximum absolute atomic E-state index is 10.8. The molecular weight excluding hydrogens is 342 g/mol. The molecule has 0 aliphatic rings. The largest absolute Gasteiger partial charge is 0.475 e. The summed E-state index contributed by atoms with van der Waals surface area (Å²) in [5.41, 5.74) is 1.91. The standard InChI is InChI=1S/C15H10ClNO3S2/c16-10-3-1-9(2-4-10)12-8-22-15(17-12)21-7-11-5-6-13(20-11)14(18)19/h1-6,8H,7H2,(H,18,19). The Balaban J connectivity index is 1.66. The molecule has 4 nitrogen and oxygen atoms in total. The van der Waals surface area contributed by atoms with Gasteiger partial charge in [0.05, 0.1) is 11.4 Å². The van der Waals surface area contributed by atoms with Gasteiger partial charge in [0.25, 0.3) is 0 Å². The molecule has 22 heavy (non-hydrogen) atoms. The summed E-state index contributed by atoms with van der Waals surface area (Å²) in [5, 5.41) is 11.5. The smallest absolute Gasteiger partial charge is 0.371 e. The maximum atomic E-state index is 10.8. The van der Waals surface area contributed by atoms with E-state index < -0.39 is 5.97 Å². The van der Waals surface area contributed by atoms with E-state index in [2.05, 4.69) is 4.98 Å². The van der Waals surface area contributed by atoms with Gasteiger partial charge in [-0.1, -0.05) is 35.5 Å². The van der Waals surface area contributed by atoms with Crippen LogP contribution in [0.1, 0.15) is 16.3 Å². The van der Waals surface area contributed by atoms with Crippen LogP contribution in [0.4, 0.5) is 0 Å². The van der Waals surface area contributed by atoms with Gasteiger partial charge >= 0.3 is 5.97 Å². The summed E-state index contributed by atoms with van der Waals surface area (Å²) >= 11 is 8.93. The summed E-state index contributed by atoms with van der Waals surface area (Å²) in [6.07, 6.45) is 0. The van der Waals surface area contributed by atoms with Crippen LogP contribution >= 0.6 is 34.7 Å². The molecule has 2 heterocycles. The number of aromatic nitrogens is 1. The van der Waals surface area contributed by atoms with E-state index in [9.17, 15) is 4.79 Å². The van der Waals surface area contributed by atoms with E-state index >= 15 is 0 Å². The normalized spacial score (nSPS) is 10.8. The molecular formula is C15H10ClNO3S2. The number of thiazole rings is 1. The molecule has 0 atom stereocenters. The summed E-state index contributed by atoms with van der Waals surface area (Å²) in [5.74, 6) is 0.0543. The number of furan rings is 1. The molecule has 0 saturated carbocycles. The van der Waals surface area contributed by atoms with Crippen LogP contribution in [0.3, 0.4) is 0 Å². The van der Waals surface area contributed by atoms with Crippen molar-refractivity contribution >= 4 is 40.7 Å². The van der Waals surface area contributed by atoms with Crippen LogP contribution in [0, 0.1) is 0 Å². The number of carboxylic acids is 1. The van der Waals surface area contributed by atoms with E-state index in [1.165, 1.54) is 17.8 Å². The van der Waals surface area contributed by atoms with Gasteiger partial charge < -0.3 is 9.52 Å². The highest BCUT2D eigenvalue weighted by atomic mass is 35.5. The first-order valence-corrected chi connectivity index (χ1v) is 8.52. The third-order valence-electron chi connectivity index (χ3n) is 2.83. The highest BCUT2D eigenvalue weighted by molar-refractivity contribution is 8.00. The fourth-order valence-corrected chi connectivity index (χ4v) is 3.64. The van der Waals surface area contributed by atoms with E-state index in [0.717, 1.165) is 15.6 Å². The third-order valence-corrected chi connectivity index (χ3v) is 5.13. The van der Waals surface area contributed by atoms with E-state index in [-0.39, 0.29) is 5.76 Å². The van der Waals surface area contributed by atoms with Crippen LogP contribution < -0.4 is 0 Å². The van der Waals surface area contributed by atoms with Crippen LogP contribution in [0.2, 0.25) is 5.02 Å². The molecule has 0 bridgehead atoms. The number of aromatic carboxylic acids is 1. The van der Waals surface area contributed by atoms with Gasteiger partial charge in [0.15, 0.2) is 4.34 Å². The minimum absolute atomic E-state index is 0.0448. The zero-order valence-electron chi connectivity index (χ0n) is 11.2. The second-order valence-electron chi connectivity index (χ2n) is 4.37. The molecule has 0 fully saturated rings. The fraction of sp³-hybridized carbons (Fsp3) is 0.0667. The van der Waals surface area contributed by atoms with E-state index in [1.54, 1.807) is 17.4 Å². The second kappa shape index (κ2) is 6.56. The number of carbonyl (C=O) groups is 1. The van der Waals surface area contributed by atoms with Crippen molar-refractivity contribution < 1.29 is 14.3 Å². The third kappa shape index (κ3) is 3.52. The zero-order valence-corrected chi connectivity index (χ0v) is 13.5. The van der Waals surface area contributed by atoms with Gasteiger partial charge in [-0.3, -0.25) is 0 Å². The molecule has 2 aromatic heterocycles. The van der Waals surface area contributed by atoms with Crippen LogP contribution in [0.15, 0.2) is 50.5 Å². The SMILES string of the molecule is O=C(O)c1ccc(CSc2nc(-c3ccc(Cl)cc3)cs2)o1. The van der Waals surface area contributed by atoms with Crippen molar-refractivity contribution in [2.45, 2.75) is 10.1 Å². The molecule has 0 amide bonds. The molecule has 112 valence electrons. The molecule has 0 radical (unpaired) electrons. The summed E-state index contributed by atoms with van der Waals surface area (Å²) < 4.78 is 6.11. The molecule has 3 aromatic rings. The lowest BCUT2D eigenvalue weighted by Crippen LogP contribution is -1.91. The Morgan fingerprint density at radius 1 is 1.27 bits per heavy atom. The number of carboxylic acid groups (broad SMARTS) is 1. The van der Waals surface area contributed by atoms with Gasteiger partial charge in [-0.25, -0.2) is 9.78 Å². The average Bonchev–Trinajstić information content (AvgIpc) is 3.15. The van der Waals surface area contributed by atoms with Crippen LogP contribution in [-0.2, 0) is 5.75 Å². The number of rotatable bonds is 5. The van der Waals surface area contributed by atoms with Crippen molar-refractivity contribution in [3.63, 3.8) is 0 Å². The Kier molecular flexibility index (Phi) is 4.52. The van der Waals surface area contributed by atoms with Crippen LogP contribution in [0.5, 0.6) is 0 Å². The molecule has 0 aliphatic carbocycles. The van der Waals surface area contributed by atoms with Crippen molar-refractivity contribution in [2.75, 3.05) is 0 Å². The van der Waals surface area contributed by atoms with Crippen LogP contribution in [-0.4, -0.2) is 16.1 Å². The first-order valence-electron chi connectivity index (χ1n) is 6.28. The van der Waals surface area contributed by atoms with Crippen molar-refractivity contribution in [2.24, 2.45) is 0 Å². The molecule has 1 aromatic carbocycles. The van der Waals surface area contributed by atoms with Gasteiger partial charge in [0.2, 0.25) is 5.76 Å². The van der Waals surface area contributed by atoms with Crippen molar-refractivity contribution in [3.8, 4) is 11.3 Å². The Bertz CT molecular complexity index is 795. The van der Waals surface area contributed by atoms with E-state index in [4.69, 9.17) is 21.1 Å². The highest BCUT2D eigenvalue weighted by Crippen LogP contribution is 2.31. The predicted octanol–water partition coefficient (Wildman–Crippen LogP) is 5.05. The number of hydrogen-bond donors (Lipinski definition) is 1. The van der Waals surface area contributed by atoms with Crippen molar-refractivity contribution in [3.05, 3.63) is 58.3 Å². The minimum atomic E-state index is -1.06. The number of hydrogen-bond acceptors (Lipinski definition) is 5. The minimum Gasteiger partial charge on any atom is -0.475 e. The molecule has 3 rings (SSSR count). The lowest BCUT2D eigenvalue weighted by atomic mass is 10.2. The van der Waals surface area contributed by atoms with E-state index in [0.29, 0.717) is 16.5 Å². The summed E-state index contributed by atoms with van der Waals surface area (Å²) in [4.78, 5) is 15.3. The quantitative estimate of drug-likeness (QED) is 0.652. The fourth-order valence-electron chi connectivity index (χ4n) is 1.78. The number of halogens is 1. The van der Waals surface area contributed by atoms with Gasteiger partial charge in [0, 0.05) is 16.0 Å². The second-order valence-corrected chi connectivity index (χ2v) is 6.88. The number of nitrogens with zero attached hydrogens (tertiary/aromatic N) is 1. The van der Waals surface area contributed by atoms with E-state index in [1.807, 2.05) is 29.6 Å². The molecule has 0 unspecified atom stereocenters. The van der Waals surface area contributed by atoms with Crippen LogP contribution in [0.25, 0.3) is 11.3 Å². The zero-order chi connectivity index (χ0) is 15.5. The Labute approximate surface area is 139 Å². The Morgan fingerprint density at radius 3 is 2.73 bits per heavy atom. The summed E-state index contributed by atoms with van der Waals surface area (Å²) in [6.45, 7) is 0. The predicted molar refractivity (Wildman–Crippen MR) is 87.8 cm³/mol. The molecule has 0 saturated heterocycles. The molecule has 0 aliphatic heterocycles.